The molecule has 0 radical (unpaired) electrons. The fraction of sp³-hybridized carbons (Fsp3) is 0.0714. The summed E-state index contributed by atoms with van der Waals surface area (Å²) in [6.45, 7) is 0. The summed E-state index contributed by atoms with van der Waals surface area (Å²) >= 11 is 1.46. The molecule has 0 fully saturated rings. The van der Waals surface area contributed by atoms with E-state index in [9.17, 15) is 4.39 Å². The number of hydrogen-bond acceptors (Lipinski definition) is 5. The largest absolute Gasteiger partial charge is 0.496 e. The van der Waals surface area contributed by atoms with E-state index in [1.54, 1.807) is 19.2 Å². The molecule has 3 rings (SSSR count). The standard InChI is InChI=1S/C14H11FN2O2S/c1-18-10-6-11(20-7-10)13-12(14(16)17-19-13)8-2-4-9(15)5-3-8/h2-7H,1H3,(H2,16,17). The molecule has 0 spiro atoms. The van der Waals surface area contributed by atoms with Crippen LogP contribution in [0, 0.1) is 5.82 Å². The molecule has 0 amide bonds. The number of hydrogen-bond donors (Lipinski definition) is 1. The van der Waals surface area contributed by atoms with Crippen molar-refractivity contribution in [2.75, 3.05) is 12.8 Å². The first-order valence-corrected chi connectivity index (χ1v) is 6.71. The third-order valence-corrected chi connectivity index (χ3v) is 3.79. The molecule has 0 bridgehead atoms. The van der Waals surface area contributed by atoms with Crippen molar-refractivity contribution >= 4 is 17.2 Å². The molecule has 20 heavy (non-hydrogen) atoms. The molecular formula is C14H11FN2O2S. The number of rotatable bonds is 3. The molecule has 0 aliphatic carbocycles. The molecule has 102 valence electrons. The second-order valence-corrected chi connectivity index (χ2v) is 5.04. The number of benzene rings is 1. The average Bonchev–Trinajstić information content (AvgIpc) is 3.06. The van der Waals surface area contributed by atoms with E-state index >= 15 is 0 Å². The Morgan fingerprint density at radius 1 is 1.30 bits per heavy atom. The maximum absolute atomic E-state index is 13.0. The molecule has 2 heterocycles. The first-order valence-electron chi connectivity index (χ1n) is 5.83. The molecule has 0 unspecified atom stereocenters. The highest BCUT2D eigenvalue weighted by Crippen LogP contribution is 2.40. The summed E-state index contributed by atoms with van der Waals surface area (Å²) < 4.78 is 23.5. The Labute approximate surface area is 118 Å². The predicted octanol–water partition coefficient (Wildman–Crippen LogP) is 3.80. The highest BCUT2D eigenvalue weighted by atomic mass is 32.1. The van der Waals surface area contributed by atoms with Gasteiger partial charge in [-0.05, 0) is 17.7 Å². The minimum atomic E-state index is -0.303. The van der Waals surface area contributed by atoms with E-state index in [4.69, 9.17) is 15.0 Å². The molecule has 0 aliphatic heterocycles. The van der Waals surface area contributed by atoms with Gasteiger partial charge in [-0.1, -0.05) is 17.3 Å². The molecular weight excluding hydrogens is 279 g/mol. The summed E-state index contributed by atoms with van der Waals surface area (Å²) in [7, 11) is 1.60. The number of nitrogen functional groups attached to an aromatic ring is 1. The van der Waals surface area contributed by atoms with Gasteiger partial charge in [0.15, 0.2) is 11.6 Å². The Morgan fingerprint density at radius 3 is 2.70 bits per heavy atom. The molecule has 2 aromatic heterocycles. The van der Waals surface area contributed by atoms with Crippen LogP contribution in [0.15, 0.2) is 40.2 Å². The lowest BCUT2D eigenvalue weighted by molar-refractivity contribution is 0.416. The van der Waals surface area contributed by atoms with E-state index in [-0.39, 0.29) is 11.6 Å². The summed E-state index contributed by atoms with van der Waals surface area (Å²) in [5, 5.41) is 5.67. The first-order chi connectivity index (χ1) is 9.69. The van der Waals surface area contributed by atoms with Gasteiger partial charge in [0, 0.05) is 11.4 Å². The maximum atomic E-state index is 13.0. The molecule has 0 saturated heterocycles. The first kappa shape index (κ1) is 12.7. The van der Waals surface area contributed by atoms with Crippen molar-refractivity contribution in [1.82, 2.24) is 5.16 Å². The van der Waals surface area contributed by atoms with Gasteiger partial charge in [0.05, 0.1) is 17.6 Å². The minimum absolute atomic E-state index is 0.277. The van der Waals surface area contributed by atoms with Gasteiger partial charge in [-0.15, -0.1) is 11.3 Å². The van der Waals surface area contributed by atoms with Crippen molar-refractivity contribution in [1.29, 1.82) is 0 Å². The quantitative estimate of drug-likeness (QED) is 0.797. The second-order valence-electron chi connectivity index (χ2n) is 4.13. The van der Waals surface area contributed by atoms with Crippen molar-refractivity contribution < 1.29 is 13.7 Å². The zero-order chi connectivity index (χ0) is 14.1. The van der Waals surface area contributed by atoms with Crippen LogP contribution < -0.4 is 10.5 Å². The molecule has 2 N–H and O–H groups in total. The summed E-state index contributed by atoms with van der Waals surface area (Å²) in [5.74, 6) is 1.27. The number of nitrogens with zero attached hydrogens (tertiary/aromatic N) is 1. The van der Waals surface area contributed by atoms with Crippen LogP contribution in [0.5, 0.6) is 5.75 Å². The van der Waals surface area contributed by atoms with E-state index < -0.39 is 0 Å². The van der Waals surface area contributed by atoms with Gasteiger partial charge in [-0.25, -0.2) is 4.39 Å². The minimum Gasteiger partial charge on any atom is -0.496 e. The van der Waals surface area contributed by atoms with Crippen LogP contribution in [0.1, 0.15) is 0 Å². The van der Waals surface area contributed by atoms with Crippen molar-refractivity contribution in [3.63, 3.8) is 0 Å². The van der Waals surface area contributed by atoms with Crippen LogP contribution in [0.4, 0.5) is 10.2 Å². The number of aromatic nitrogens is 1. The van der Waals surface area contributed by atoms with Gasteiger partial charge in [-0.2, -0.15) is 0 Å². The van der Waals surface area contributed by atoms with Gasteiger partial charge >= 0.3 is 0 Å². The average molecular weight is 290 g/mol. The second kappa shape index (κ2) is 4.97. The Kier molecular flexibility index (Phi) is 3.15. The van der Waals surface area contributed by atoms with Crippen LogP contribution in [-0.4, -0.2) is 12.3 Å². The van der Waals surface area contributed by atoms with Gasteiger partial charge in [0.2, 0.25) is 0 Å². The molecule has 6 heteroatoms. The number of thiophene rings is 1. The fourth-order valence-electron chi connectivity index (χ4n) is 1.91. The SMILES string of the molecule is COc1csc(-c2onc(N)c2-c2ccc(F)cc2)c1. The normalized spacial score (nSPS) is 10.7. The number of halogens is 1. The van der Waals surface area contributed by atoms with E-state index in [0.717, 1.165) is 16.2 Å². The molecule has 1 aromatic carbocycles. The Balaban J connectivity index is 2.11. The van der Waals surface area contributed by atoms with E-state index in [1.165, 1.54) is 23.5 Å². The Bertz CT molecular complexity index is 734. The summed E-state index contributed by atoms with van der Waals surface area (Å²) in [5.41, 5.74) is 7.28. The van der Waals surface area contributed by atoms with Crippen LogP contribution in [-0.2, 0) is 0 Å². The van der Waals surface area contributed by atoms with Crippen LogP contribution in [0.3, 0.4) is 0 Å². The zero-order valence-electron chi connectivity index (χ0n) is 10.6. The van der Waals surface area contributed by atoms with Crippen molar-refractivity contribution in [2.45, 2.75) is 0 Å². The van der Waals surface area contributed by atoms with E-state index in [1.807, 2.05) is 11.4 Å². The summed E-state index contributed by atoms with van der Waals surface area (Å²) in [6, 6.07) is 7.89. The van der Waals surface area contributed by atoms with E-state index in [0.29, 0.717) is 11.3 Å². The number of ether oxygens (including phenoxy) is 1. The predicted molar refractivity (Wildman–Crippen MR) is 76.2 cm³/mol. The van der Waals surface area contributed by atoms with Crippen LogP contribution >= 0.6 is 11.3 Å². The number of nitrogens with two attached hydrogens (primary N) is 1. The van der Waals surface area contributed by atoms with Gasteiger partial charge < -0.3 is 15.0 Å². The lowest BCUT2D eigenvalue weighted by Crippen LogP contribution is -1.88. The van der Waals surface area contributed by atoms with Crippen molar-refractivity contribution in [2.24, 2.45) is 0 Å². The lowest BCUT2D eigenvalue weighted by atomic mass is 10.1. The summed E-state index contributed by atoms with van der Waals surface area (Å²) in [4.78, 5) is 0.852. The van der Waals surface area contributed by atoms with E-state index in [2.05, 4.69) is 5.16 Å². The van der Waals surface area contributed by atoms with Crippen molar-refractivity contribution in [3.05, 3.63) is 41.5 Å². The van der Waals surface area contributed by atoms with Gasteiger partial charge in [0.1, 0.15) is 11.6 Å². The third-order valence-electron chi connectivity index (χ3n) is 2.89. The maximum Gasteiger partial charge on any atom is 0.186 e. The summed E-state index contributed by atoms with van der Waals surface area (Å²) in [6.07, 6.45) is 0. The van der Waals surface area contributed by atoms with Crippen LogP contribution in [0.25, 0.3) is 21.8 Å². The molecule has 3 aromatic rings. The van der Waals surface area contributed by atoms with Crippen molar-refractivity contribution in [3.8, 4) is 27.5 Å². The highest BCUT2D eigenvalue weighted by molar-refractivity contribution is 7.13. The Hall–Kier alpha value is -2.34. The lowest BCUT2D eigenvalue weighted by Gasteiger charge is -2.01. The molecule has 0 aliphatic rings. The molecule has 0 saturated carbocycles. The number of methoxy groups -OCH3 is 1. The molecule has 0 atom stereocenters. The zero-order valence-corrected chi connectivity index (χ0v) is 11.4. The molecule has 4 nitrogen and oxygen atoms in total. The third kappa shape index (κ3) is 2.14. The Morgan fingerprint density at radius 2 is 2.05 bits per heavy atom. The smallest absolute Gasteiger partial charge is 0.186 e. The number of anilines is 1. The van der Waals surface area contributed by atoms with Gasteiger partial charge in [-0.3, -0.25) is 0 Å². The van der Waals surface area contributed by atoms with Crippen LogP contribution in [0.2, 0.25) is 0 Å². The highest BCUT2D eigenvalue weighted by Gasteiger charge is 2.19. The monoisotopic (exact) mass is 290 g/mol. The fourth-order valence-corrected chi connectivity index (χ4v) is 2.75. The topological polar surface area (TPSA) is 61.3 Å². The van der Waals surface area contributed by atoms with Gasteiger partial charge in [0.25, 0.3) is 0 Å².